The Morgan fingerprint density at radius 1 is 1.21 bits per heavy atom. The smallest absolute Gasteiger partial charge is 0.326 e. The number of hydrogen-bond acceptors (Lipinski definition) is 2. The average Bonchev–Trinajstić information content (AvgIpc) is 2.33. The molecule has 2 N–H and O–H groups in total. The van der Waals surface area contributed by atoms with Crippen LogP contribution in [0.5, 0.6) is 0 Å². The summed E-state index contributed by atoms with van der Waals surface area (Å²) in [6, 6.07) is 8.07. The van der Waals surface area contributed by atoms with Gasteiger partial charge in [0, 0.05) is 11.5 Å². The average molecular weight is 259 g/mol. The van der Waals surface area contributed by atoms with Crippen molar-refractivity contribution < 1.29 is 14.7 Å². The molecule has 100 valence electrons. The molecule has 0 fully saturated rings. The van der Waals surface area contributed by atoms with E-state index in [0.29, 0.717) is 5.56 Å². The first-order chi connectivity index (χ1) is 8.80. The minimum absolute atomic E-state index is 0.573. The summed E-state index contributed by atoms with van der Waals surface area (Å²) < 4.78 is 0. The summed E-state index contributed by atoms with van der Waals surface area (Å²) in [7, 11) is 0. The third kappa shape index (κ3) is 4.84. The van der Waals surface area contributed by atoms with E-state index >= 15 is 0 Å². The number of aliphatic carboxylic acids is 1. The van der Waals surface area contributed by atoms with Gasteiger partial charge in [0.2, 0.25) is 0 Å². The van der Waals surface area contributed by atoms with Gasteiger partial charge in [-0.1, -0.05) is 44.9 Å². The van der Waals surface area contributed by atoms with Gasteiger partial charge in [-0.25, -0.2) is 4.79 Å². The molecule has 0 saturated heterocycles. The van der Waals surface area contributed by atoms with E-state index in [2.05, 4.69) is 17.2 Å². The molecule has 1 amide bonds. The Morgan fingerprint density at radius 2 is 1.79 bits per heavy atom. The standard InChI is InChI=1S/C15H17NO3/c1-15(2,3)13(14(18)19)16-12(17)10-9-11-7-5-4-6-8-11/h4-8,13H,1-3H3,(H,16,17)(H,18,19)/t13-/m0/s1. The van der Waals surface area contributed by atoms with Gasteiger partial charge >= 0.3 is 5.97 Å². The molecule has 0 heterocycles. The Morgan fingerprint density at radius 3 is 2.26 bits per heavy atom. The molecule has 0 bridgehead atoms. The van der Waals surface area contributed by atoms with E-state index in [0.717, 1.165) is 0 Å². The molecule has 0 saturated carbocycles. The molecule has 0 spiro atoms. The van der Waals surface area contributed by atoms with Crippen LogP contribution < -0.4 is 5.32 Å². The number of benzene rings is 1. The molecule has 4 heteroatoms. The zero-order valence-corrected chi connectivity index (χ0v) is 11.2. The monoisotopic (exact) mass is 259 g/mol. The van der Waals surface area contributed by atoms with Crippen LogP contribution in [0.1, 0.15) is 26.3 Å². The summed E-state index contributed by atoms with van der Waals surface area (Å²) in [5.41, 5.74) is 0.135. The van der Waals surface area contributed by atoms with E-state index in [1.165, 1.54) is 0 Å². The maximum Gasteiger partial charge on any atom is 0.326 e. The van der Waals surface area contributed by atoms with Gasteiger partial charge in [0.25, 0.3) is 5.91 Å². The predicted molar refractivity (Wildman–Crippen MR) is 72.3 cm³/mol. The van der Waals surface area contributed by atoms with Crippen LogP contribution >= 0.6 is 0 Å². The van der Waals surface area contributed by atoms with Crippen molar-refractivity contribution in [1.29, 1.82) is 0 Å². The SMILES string of the molecule is CC(C)(C)[C@@H](NC(=O)C#Cc1ccccc1)C(=O)O. The van der Waals surface area contributed by atoms with Gasteiger partial charge in [-0.15, -0.1) is 0 Å². The maximum atomic E-state index is 11.6. The van der Waals surface area contributed by atoms with Gasteiger partial charge in [-0.05, 0) is 17.5 Å². The summed E-state index contributed by atoms with van der Waals surface area (Å²) >= 11 is 0. The molecule has 0 aliphatic heterocycles. The molecule has 1 aromatic carbocycles. The molecule has 0 radical (unpaired) electrons. The van der Waals surface area contributed by atoms with Crippen molar-refractivity contribution in [2.24, 2.45) is 5.41 Å². The zero-order chi connectivity index (χ0) is 14.5. The number of amides is 1. The highest BCUT2D eigenvalue weighted by Crippen LogP contribution is 2.19. The molecule has 0 aliphatic carbocycles. The van der Waals surface area contributed by atoms with E-state index in [-0.39, 0.29) is 0 Å². The molecule has 0 aromatic heterocycles. The lowest BCUT2D eigenvalue weighted by Crippen LogP contribution is -2.48. The van der Waals surface area contributed by atoms with Gasteiger partial charge in [0.05, 0.1) is 0 Å². The second-order valence-electron chi connectivity index (χ2n) is 5.23. The van der Waals surface area contributed by atoms with Crippen molar-refractivity contribution in [3.8, 4) is 11.8 Å². The molecule has 0 unspecified atom stereocenters. The van der Waals surface area contributed by atoms with Crippen molar-refractivity contribution in [2.75, 3.05) is 0 Å². The fraction of sp³-hybridized carbons (Fsp3) is 0.333. The van der Waals surface area contributed by atoms with Crippen LogP contribution in [-0.4, -0.2) is 23.0 Å². The number of carbonyl (C=O) groups is 2. The Labute approximate surface area is 112 Å². The lowest BCUT2D eigenvalue weighted by Gasteiger charge is -2.26. The highest BCUT2D eigenvalue weighted by Gasteiger charge is 2.32. The van der Waals surface area contributed by atoms with Crippen LogP contribution in [0.25, 0.3) is 0 Å². The highest BCUT2D eigenvalue weighted by atomic mass is 16.4. The molecule has 1 rings (SSSR count). The molecular weight excluding hydrogens is 242 g/mol. The van der Waals surface area contributed by atoms with E-state index in [1.807, 2.05) is 18.2 Å². The summed E-state index contributed by atoms with van der Waals surface area (Å²) in [5.74, 6) is 3.42. The first-order valence-corrected chi connectivity index (χ1v) is 5.91. The number of rotatable bonds is 2. The fourth-order valence-electron chi connectivity index (χ4n) is 1.47. The summed E-state index contributed by atoms with van der Waals surface area (Å²) in [6.45, 7) is 5.24. The van der Waals surface area contributed by atoms with Gasteiger partial charge in [0.1, 0.15) is 6.04 Å². The van der Waals surface area contributed by atoms with Crippen LogP contribution in [0.3, 0.4) is 0 Å². The Bertz CT molecular complexity index is 518. The summed E-state index contributed by atoms with van der Waals surface area (Å²) in [6.07, 6.45) is 0. The Hall–Kier alpha value is -2.28. The quantitative estimate of drug-likeness (QED) is 0.794. The van der Waals surface area contributed by atoms with E-state index in [4.69, 9.17) is 5.11 Å². The van der Waals surface area contributed by atoms with E-state index < -0.39 is 23.3 Å². The highest BCUT2D eigenvalue weighted by molar-refractivity contribution is 5.96. The molecule has 1 atom stereocenters. The lowest BCUT2D eigenvalue weighted by atomic mass is 9.87. The first-order valence-electron chi connectivity index (χ1n) is 5.91. The number of nitrogens with one attached hydrogen (secondary N) is 1. The maximum absolute atomic E-state index is 11.6. The van der Waals surface area contributed by atoms with Crippen LogP contribution in [0.4, 0.5) is 0 Å². The molecular formula is C15H17NO3. The predicted octanol–water partition coefficient (Wildman–Crippen LogP) is 1.65. The van der Waals surface area contributed by atoms with E-state index in [1.54, 1.807) is 32.9 Å². The first kappa shape index (κ1) is 14.8. The summed E-state index contributed by atoms with van der Waals surface area (Å²) in [4.78, 5) is 22.7. The molecule has 1 aromatic rings. The van der Waals surface area contributed by atoms with Gasteiger partial charge in [-0.2, -0.15) is 0 Å². The number of carbonyl (C=O) groups excluding carboxylic acids is 1. The van der Waals surface area contributed by atoms with Crippen molar-refractivity contribution in [2.45, 2.75) is 26.8 Å². The van der Waals surface area contributed by atoms with Crippen molar-refractivity contribution in [1.82, 2.24) is 5.32 Å². The van der Waals surface area contributed by atoms with E-state index in [9.17, 15) is 9.59 Å². The normalized spacial score (nSPS) is 11.9. The molecule has 19 heavy (non-hydrogen) atoms. The second-order valence-corrected chi connectivity index (χ2v) is 5.23. The van der Waals surface area contributed by atoms with Crippen LogP contribution in [0.2, 0.25) is 0 Å². The topological polar surface area (TPSA) is 66.4 Å². The molecule has 4 nitrogen and oxygen atoms in total. The zero-order valence-electron chi connectivity index (χ0n) is 11.2. The minimum Gasteiger partial charge on any atom is -0.480 e. The minimum atomic E-state index is -1.07. The number of hydrogen-bond donors (Lipinski definition) is 2. The third-order valence-corrected chi connectivity index (χ3v) is 2.48. The third-order valence-electron chi connectivity index (χ3n) is 2.48. The van der Waals surface area contributed by atoms with Crippen LogP contribution in [0.15, 0.2) is 30.3 Å². The summed E-state index contributed by atoms with van der Waals surface area (Å²) in [5, 5.41) is 11.5. The lowest BCUT2D eigenvalue weighted by molar-refractivity contribution is -0.144. The fourth-order valence-corrected chi connectivity index (χ4v) is 1.47. The molecule has 0 aliphatic rings. The van der Waals surface area contributed by atoms with Gasteiger partial charge in [0.15, 0.2) is 0 Å². The number of carboxylic acids is 1. The number of carboxylic acid groups (broad SMARTS) is 1. The second kappa shape index (κ2) is 6.05. The Balaban J connectivity index is 2.75. The van der Waals surface area contributed by atoms with Crippen molar-refractivity contribution in [3.05, 3.63) is 35.9 Å². The Kier molecular flexibility index (Phi) is 4.71. The van der Waals surface area contributed by atoms with Crippen molar-refractivity contribution >= 4 is 11.9 Å². The van der Waals surface area contributed by atoms with Crippen LogP contribution in [-0.2, 0) is 9.59 Å². The van der Waals surface area contributed by atoms with Crippen LogP contribution in [0, 0.1) is 17.3 Å². The largest absolute Gasteiger partial charge is 0.480 e. The van der Waals surface area contributed by atoms with Crippen molar-refractivity contribution in [3.63, 3.8) is 0 Å². The van der Waals surface area contributed by atoms with Gasteiger partial charge < -0.3 is 10.4 Å². The van der Waals surface area contributed by atoms with Gasteiger partial charge in [-0.3, -0.25) is 4.79 Å².